The van der Waals surface area contributed by atoms with Gasteiger partial charge in [-0.05, 0) is 39.5 Å². The van der Waals surface area contributed by atoms with Crippen LogP contribution in [0.3, 0.4) is 0 Å². The van der Waals surface area contributed by atoms with Gasteiger partial charge in [0.25, 0.3) is 0 Å². The van der Waals surface area contributed by atoms with Crippen LogP contribution < -0.4 is 10.6 Å². The van der Waals surface area contributed by atoms with Crippen molar-refractivity contribution in [2.75, 3.05) is 13.2 Å². The Hall–Kier alpha value is -2.84. The van der Waals surface area contributed by atoms with E-state index in [-0.39, 0.29) is 0 Å². The highest BCUT2D eigenvalue weighted by Crippen LogP contribution is 2.27. The van der Waals surface area contributed by atoms with Gasteiger partial charge in [-0.3, -0.25) is 5.32 Å². The first-order valence-corrected chi connectivity index (χ1v) is 8.29. The summed E-state index contributed by atoms with van der Waals surface area (Å²) in [5.74, 6) is 0. The minimum Gasteiger partial charge on any atom is -0.378 e. The van der Waals surface area contributed by atoms with Gasteiger partial charge >= 0.3 is 0 Å². The molecule has 0 aromatic heterocycles. The van der Waals surface area contributed by atoms with Crippen LogP contribution in [0.4, 0.5) is 0 Å². The molecule has 0 saturated heterocycles. The van der Waals surface area contributed by atoms with Crippen LogP contribution >= 0.6 is 0 Å². The molecule has 0 spiro atoms. The zero-order valence-corrected chi connectivity index (χ0v) is 13.5. The molecule has 0 fully saturated rings. The van der Waals surface area contributed by atoms with Gasteiger partial charge in [0.05, 0.1) is 6.67 Å². The average Bonchev–Trinajstić information content (AvgIpc) is 2.70. The Morgan fingerprint density at radius 1 is 0.583 bits per heavy atom. The van der Waals surface area contributed by atoms with Crippen molar-refractivity contribution in [1.29, 1.82) is 0 Å². The number of benzene rings is 3. The zero-order valence-electron chi connectivity index (χ0n) is 13.5. The van der Waals surface area contributed by atoms with Crippen molar-refractivity contribution in [3.8, 4) is 22.3 Å². The second kappa shape index (κ2) is 6.73. The molecule has 2 heteroatoms. The number of hydrogen-bond donors (Lipinski definition) is 2. The van der Waals surface area contributed by atoms with E-state index in [1.54, 1.807) is 0 Å². The van der Waals surface area contributed by atoms with Crippen molar-refractivity contribution in [2.45, 2.75) is 0 Å². The minimum absolute atomic E-state index is 0.841. The fraction of sp³-hybridized carbons (Fsp3) is 0.0909. The van der Waals surface area contributed by atoms with Gasteiger partial charge in [0, 0.05) is 12.7 Å². The van der Waals surface area contributed by atoms with Crippen molar-refractivity contribution in [3.05, 3.63) is 90.6 Å². The van der Waals surface area contributed by atoms with E-state index in [4.69, 9.17) is 0 Å². The van der Waals surface area contributed by atoms with Crippen molar-refractivity contribution in [3.63, 3.8) is 0 Å². The molecular weight excluding hydrogens is 292 g/mol. The van der Waals surface area contributed by atoms with Crippen molar-refractivity contribution >= 4 is 5.57 Å². The van der Waals surface area contributed by atoms with Crippen LogP contribution in [0.25, 0.3) is 27.8 Å². The first-order valence-electron chi connectivity index (χ1n) is 8.29. The third kappa shape index (κ3) is 3.10. The molecule has 0 aliphatic carbocycles. The maximum atomic E-state index is 3.33. The molecule has 0 bridgehead atoms. The Labute approximate surface area is 142 Å². The molecule has 1 aliphatic heterocycles. The SMILES string of the molecule is C1=C(c2ccc(-c3cccc(-c4ccccc4)c3)cc2)CNCN1. The maximum absolute atomic E-state index is 3.33. The molecule has 3 aromatic rings. The van der Waals surface area contributed by atoms with E-state index in [9.17, 15) is 0 Å². The summed E-state index contributed by atoms with van der Waals surface area (Å²) in [7, 11) is 0. The van der Waals surface area contributed by atoms with Crippen LogP contribution in [0.15, 0.2) is 85.1 Å². The molecule has 1 aliphatic rings. The Balaban J connectivity index is 1.63. The third-order valence-corrected chi connectivity index (χ3v) is 4.38. The van der Waals surface area contributed by atoms with Gasteiger partial charge in [0.15, 0.2) is 0 Å². The van der Waals surface area contributed by atoms with E-state index >= 15 is 0 Å². The summed E-state index contributed by atoms with van der Waals surface area (Å²) in [5.41, 5.74) is 7.55. The molecule has 0 amide bonds. The number of rotatable bonds is 3. The molecule has 1 heterocycles. The first-order chi connectivity index (χ1) is 11.9. The minimum atomic E-state index is 0.841. The highest BCUT2D eigenvalue weighted by molar-refractivity contribution is 5.75. The fourth-order valence-electron chi connectivity index (χ4n) is 3.07. The second-order valence-electron chi connectivity index (χ2n) is 6.00. The summed E-state index contributed by atoms with van der Waals surface area (Å²) >= 11 is 0. The van der Waals surface area contributed by atoms with E-state index in [1.807, 2.05) is 0 Å². The van der Waals surface area contributed by atoms with Gasteiger partial charge < -0.3 is 5.32 Å². The van der Waals surface area contributed by atoms with Gasteiger partial charge in [-0.25, -0.2) is 0 Å². The molecule has 0 unspecified atom stereocenters. The molecule has 118 valence electrons. The lowest BCUT2D eigenvalue weighted by molar-refractivity contribution is 0.678. The zero-order chi connectivity index (χ0) is 16.2. The normalized spacial score (nSPS) is 13.9. The van der Waals surface area contributed by atoms with Gasteiger partial charge in [0.2, 0.25) is 0 Å². The molecule has 2 N–H and O–H groups in total. The molecule has 0 atom stereocenters. The average molecular weight is 312 g/mol. The summed E-state index contributed by atoms with van der Waals surface area (Å²) in [6, 6.07) is 28.0. The Kier molecular flexibility index (Phi) is 4.13. The van der Waals surface area contributed by atoms with Gasteiger partial charge in [-0.2, -0.15) is 0 Å². The van der Waals surface area contributed by atoms with Crippen LogP contribution in [0.2, 0.25) is 0 Å². The molecule has 0 saturated carbocycles. The Bertz CT molecular complexity index is 849. The van der Waals surface area contributed by atoms with Gasteiger partial charge in [0.1, 0.15) is 0 Å². The predicted octanol–water partition coefficient (Wildman–Crippen LogP) is 4.51. The second-order valence-corrected chi connectivity index (χ2v) is 6.00. The van der Waals surface area contributed by atoms with Crippen LogP contribution in [-0.4, -0.2) is 13.2 Å². The lowest BCUT2D eigenvalue weighted by Crippen LogP contribution is -2.31. The van der Waals surface area contributed by atoms with E-state index in [2.05, 4.69) is 95.7 Å². The van der Waals surface area contributed by atoms with Crippen molar-refractivity contribution in [1.82, 2.24) is 10.6 Å². The van der Waals surface area contributed by atoms with Crippen LogP contribution in [0.1, 0.15) is 5.56 Å². The maximum Gasteiger partial charge on any atom is 0.0650 e. The first kappa shape index (κ1) is 14.7. The quantitative estimate of drug-likeness (QED) is 0.743. The highest BCUT2D eigenvalue weighted by atomic mass is 15.1. The lowest BCUT2D eigenvalue weighted by Gasteiger charge is -2.16. The monoisotopic (exact) mass is 312 g/mol. The summed E-state index contributed by atoms with van der Waals surface area (Å²) in [5, 5.41) is 6.56. The largest absolute Gasteiger partial charge is 0.378 e. The number of nitrogens with one attached hydrogen (secondary N) is 2. The van der Waals surface area contributed by atoms with Crippen LogP contribution in [-0.2, 0) is 0 Å². The third-order valence-electron chi connectivity index (χ3n) is 4.38. The van der Waals surface area contributed by atoms with Gasteiger partial charge in [-0.1, -0.05) is 72.8 Å². The smallest absolute Gasteiger partial charge is 0.0650 e. The standard InChI is InChI=1S/C22H20N2/c1-2-5-17(6-3-1)20-7-4-8-21(13-20)18-9-11-19(12-10-18)22-14-23-16-24-15-22/h1-14,23-24H,15-16H2. The van der Waals surface area contributed by atoms with E-state index in [0.717, 1.165) is 13.2 Å². The molecular formula is C22H20N2. The number of hydrogen-bond acceptors (Lipinski definition) is 2. The lowest BCUT2D eigenvalue weighted by atomic mass is 9.97. The summed E-state index contributed by atoms with van der Waals surface area (Å²) in [4.78, 5) is 0. The summed E-state index contributed by atoms with van der Waals surface area (Å²) < 4.78 is 0. The summed E-state index contributed by atoms with van der Waals surface area (Å²) in [6.07, 6.45) is 2.10. The van der Waals surface area contributed by atoms with E-state index < -0.39 is 0 Å². The van der Waals surface area contributed by atoms with Crippen LogP contribution in [0, 0.1) is 0 Å². The summed E-state index contributed by atoms with van der Waals surface area (Å²) in [6.45, 7) is 1.75. The van der Waals surface area contributed by atoms with Crippen molar-refractivity contribution in [2.24, 2.45) is 0 Å². The fourth-order valence-corrected chi connectivity index (χ4v) is 3.07. The Morgan fingerprint density at radius 2 is 1.21 bits per heavy atom. The van der Waals surface area contributed by atoms with Gasteiger partial charge in [-0.15, -0.1) is 0 Å². The van der Waals surface area contributed by atoms with Crippen LogP contribution in [0.5, 0.6) is 0 Å². The predicted molar refractivity (Wildman–Crippen MR) is 101 cm³/mol. The van der Waals surface area contributed by atoms with Crippen molar-refractivity contribution < 1.29 is 0 Å². The molecule has 4 rings (SSSR count). The Morgan fingerprint density at radius 3 is 1.88 bits per heavy atom. The topological polar surface area (TPSA) is 24.1 Å². The molecule has 0 radical (unpaired) electrons. The van der Waals surface area contributed by atoms with E-state index in [0.29, 0.717) is 0 Å². The molecule has 24 heavy (non-hydrogen) atoms. The molecule has 3 aromatic carbocycles. The molecule has 2 nitrogen and oxygen atoms in total. The highest BCUT2D eigenvalue weighted by Gasteiger charge is 2.06. The van der Waals surface area contributed by atoms with E-state index in [1.165, 1.54) is 33.4 Å².